The van der Waals surface area contributed by atoms with E-state index in [0.29, 0.717) is 11.3 Å². The van der Waals surface area contributed by atoms with E-state index in [0.717, 1.165) is 35.1 Å². The number of carbonyl (C=O) groups is 3. The predicted molar refractivity (Wildman–Crippen MR) is 131 cm³/mol. The first-order valence-electron chi connectivity index (χ1n) is 11.7. The molecule has 7 nitrogen and oxygen atoms in total. The second-order valence-electron chi connectivity index (χ2n) is 8.99. The Labute approximate surface area is 203 Å². The van der Waals surface area contributed by atoms with Crippen LogP contribution in [0.5, 0.6) is 0 Å². The van der Waals surface area contributed by atoms with E-state index < -0.39 is 18.1 Å². The predicted octanol–water partition coefficient (Wildman–Crippen LogP) is 5.13. The van der Waals surface area contributed by atoms with Gasteiger partial charge in [-0.1, -0.05) is 48.5 Å². The van der Waals surface area contributed by atoms with Crippen LogP contribution in [0.3, 0.4) is 0 Å². The van der Waals surface area contributed by atoms with Crippen LogP contribution in [-0.2, 0) is 9.53 Å². The SMILES string of the molecule is CC(C(=O)O)N(C(=O)c1ccc(NC(=O)OCC2c3ccccc3-c3ccccc32)cc1)C1CC1. The Hall–Kier alpha value is -4.13. The summed E-state index contributed by atoms with van der Waals surface area (Å²) in [6.07, 6.45) is 1.04. The number of fused-ring (bicyclic) bond motifs is 3. The van der Waals surface area contributed by atoms with Crippen molar-refractivity contribution in [2.75, 3.05) is 11.9 Å². The van der Waals surface area contributed by atoms with E-state index in [9.17, 15) is 19.5 Å². The van der Waals surface area contributed by atoms with Gasteiger partial charge in [0.25, 0.3) is 5.91 Å². The molecular formula is C28H26N2O5. The number of aliphatic carboxylic acids is 1. The van der Waals surface area contributed by atoms with Gasteiger partial charge >= 0.3 is 12.1 Å². The zero-order valence-corrected chi connectivity index (χ0v) is 19.3. The summed E-state index contributed by atoms with van der Waals surface area (Å²) in [5.41, 5.74) is 5.47. The lowest BCUT2D eigenvalue weighted by Crippen LogP contribution is -2.44. The molecule has 3 aromatic carbocycles. The molecule has 0 heterocycles. The number of ether oxygens (including phenoxy) is 1. The fraction of sp³-hybridized carbons (Fsp3) is 0.250. The number of hydrogen-bond acceptors (Lipinski definition) is 4. The van der Waals surface area contributed by atoms with Gasteiger partial charge in [0.05, 0.1) is 0 Å². The molecule has 2 aliphatic rings. The molecule has 0 spiro atoms. The third kappa shape index (κ3) is 4.49. The second kappa shape index (κ2) is 9.25. The number of carboxylic acids is 1. The molecule has 35 heavy (non-hydrogen) atoms. The lowest BCUT2D eigenvalue weighted by atomic mass is 9.98. The molecule has 178 valence electrons. The largest absolute Gasteiger partial charge is 0.480 e. The maximum Gasteiger partial charge on any atom is 0.411 e. The van der Waals surface area contributed by atoms with Gasteiger partial charge in [-0.3, -0.25) is 10.1 Å². The fourth-order valence-electron chi connectivity index (χ4n) is 4.73. The Morgan fingerprint density at radius 3 is 2.06 bits per heavy atom. The molecule has 2 aliphatic carbocycles. The Kier molecular flexibility index (Phi) is 5.99. The van der Waals surface area contributed by atoms with Gasteiger partial charge in [-0.15, -0.1) is 0 Å². The van der Waals surface area contributed by atoms with Crippen molar-refractivity contribution < 1.29 is 24.2 Å². The van der Waals surface area contributed by atoms with Crippen LogP contribution in [0.1, 0.15) is 47.2 Å². The number of benzene rings is 3. The molecule has 0 aliphatic heterocycles. The van der Waals surface area contributed by atoms with Gasteiger partial charge in [0.2, 0.25) is 0 Å². The quantitative estimate of drug-likeness (QED) is 0.499. The number of hydrogen-bond donors (Lipinski definition) is 2. The first-order chi connectivity index (χ1) is 16.9. The topological polar surface area (TPSA) is 95.9 Å². The highest BCUT2D eigenvalue weighted by molar-refractivity contribution is 5.97. The molecule has 1 atom stereocenters. The normalized spacial score (nSPS) is 15.0. The summed E-state index contributed by atoms with van der Waals surface area (Å²) in [5.74, 6) is -1.38. The molecule has 2 N–H and O–H groups in total. The van der Waals surface area contributed by atoms with Crippen molar-refractivity contribution in [1.29, 1.82) is 0 Å². The molecule has 0 saturated heterocycles. The lowest BCUT2D eigenvalue weighted by Gasteiger charge is -2.26. The van der Waals surface area contributed by atoms with Crippen molar-refractivity contribution >= 4 is 23.7 Å². The number of anilines is 1. The van der Waals surface area contributed by atoms with Crippen LogP contribution in [-0.4, -0.2) is 46.7 Å². The number of nitrogens with zero attached hydrogens (tertiary/aromatic N) is 1. The number of carboxylic acid groups (broad SMARTS) is 1. The van der Waals surface area contributed by atoms with Gasteiger partial charge in [0.1, 0.15) is 12.6 Å². The van der Waals surface area contributed by atoms with E-state index >= 15 is 0 Å². The van der Waals surface area contributed by atoms with Crippen molar-refractivity contribution in [2.24, 2.45) is 0 Å². The van der Waals surface area contributed by atoms with Gasteiger partial charge in [-0.2, -0.15) is 0 Å². The van der Waals surface area contributed by atoms with E-state index in [1.807, 2.05) is 24.3 Å². The third-order valence-electron chi connectivity index (χ3n) is 6.67. The number of amides is 2. The van der Waals surface area contributed by atoms with Crippen LogP contribution in [0, 0.1) is 0 Å². The molecular weight excluding hydrogens is 444 g/mol. The summed E-state index contributed by atoms with van der Waals surface area (Å²) in [7, 11) is 0. The Morgan fingerprint density at radius 1 is 0.943 bits per heavy atom. The molecule has 0 radical (unpaired) electrons. The summed E-state index contributed by atoms with van der Waals surface area (Å²) >= 11 is 0. The van der Waals surface area contributed by atoms with Gasteiger partial charge in [0.15, 0.2) is 0 Å². The molecule has 0 aromatic heterocycles. The summed E-state index contributed by atoms with van der Waals surface area (Å²) in [4.78, 5) is 38.3. The van der Waals surface area contributed by atoms with Crippen LogP contribution in [0.15, 0.2) is 72.8 Å². The zero-order chi connectivity index (χ0) is 24.5. The van der Waals surface area contributed by atoms with Crippen LogP contribution >= 0.6 is 0 Å². The second-order valence-corrected chi connectivity index (χ2v) is 8.99. The summed E-state index contributed by atoms with van der Waals surface area (Å²) in [5, 5.41) is 12.1. The highest BCUT2D eigenvalue weighted by Crippen LogP contribution is 2.44. The number of carbonyl (C=O) groups excluding carboxylic acids is 2. The first kappa shape index (κ1) is 22.7. The molecule has 7 heteroatoms. The van der Waals surface area contributed by atoms with Crippen molar-refractivity contribution in [3.63, 3.8) is 0 Å². The monoisotopic (exact) mass is 470 g/mol. The summed E-state index contributed by atoms with van der Waals surface area (Å²) in [6.45, 7) is 1.73. The molecule has 1 unspecified atom stereocenters. The Morgan fingerprint density at radius 2 is 1.51 bits per heavy atom. The maximum atomic E-state index is 12.9. The van der Waals surface area contributed by atoms with Crippen LogP contribution in [0.25, 0.3) is 11.1 Å². The minimum absolute atomic E-state index is 0.0298. The zero-order valence-electron chi connectivity index (χ0n) is 19.3. The Bertz CT molecular complexity index is 1240. The smallest absolute Gasteiger partial charge is 0.411 e. The molecule has 1 saturated carbocycles. The van der Waals surface area contributed by atoms with E-state index in [1.165, 1.54) is 11.8 Å². The minimum Gasteiger partial charge on any atom is -0.480 e. The third-order valence-corrected chi connectivity index (χ3v) is 6.67. The number of nitrogens with one attached hydrogen (secondary N) is 1. The van der Waals surface area contributed by atoms with E-state index in [2.05, 4.69) is 29.6 Å². The average Bonchev–Trinajstić information content (AvgIpc) is 3.65. The van der Waals surface area contributed by atoms with Gasteiger partial charge in [0, 0.05) is 23.2 Å². The first-order valence-corrected chi connectivity index (χ1v) is 11.7. The van der Waals surface area contributed by atoms with Crippen LogP contribution < -0.4 is 5.32 Å². The highest BCUT2D eigenvalue weighted by atomic mass is 16.5. The van der Waals surface area contributed by atoms with E-state index in [4.69, 9.17) is 4.74 Å². The molecule has 0 bridgehead atoms. The van der Waals surface area contributed by atoms with Gasteiger partial charge in [-0.05, 0) is 66.3 Å². The number of rotatable bonds is 7. The van der Waals surface area contributed by atoms with Crippen molar-refractivity contribution in [3.8, 4) is 11.1 Å². The fourth-order valence-corrected chi connectivity index (χ4v) is 4.73. The van der Waals surface area contributed by atoms with E-state index in [1.54, 1.807) is 24.3 Å². The van der Waals surface area contributed by atoms with Crippen LogP contribution in [0.4, 0.5) is 10.5 Å². The van der Waals surface area contributed by atoms with Crippen molar-refractivity contribution in [2.45, 2.75) is 37.8 Å². The minimum atomic E-state index is -1.03. The summed E-state index contributed by atoms with van der Waals surface area (Å²) < 4.78 is 5.57. The average molecular weight is 471 g/mol. The molecule has 5 rings (SSSR count). The van der Waals surface area contributed by atoms with Gasteiger partial charge < -0.3 is 14.7 Å². The highest BCUT2D eigenvalue weighted by Gasteiger charge is 2.38. The lowest BCUT2D eigenvalue weighted by molar-refractivity contribution is -0.141. The summed E-state index contributed by atoms with van der Waals surface area (Å²) in [6, 6.07) is 21.8. The molecule has 1 fully saturated rings. The Balaban J connectivity index is 1.22. The molecule has 3 aromatic rings. The van der Waals surface area contributed by atoms with Crippen LogP contribution in [0.2, 0.25) is 0 Å². The van der Waals surface area contributed by atoms with Crippen molar-refractivity contribution in [3.05, 3.63) is 89.5 Å². The maximum absolute atomic E-state index is 12.9. The van der Waals surface area contributed by atoms with E-state index in [-0.39, 0.29) is 24.5 Å². The molecule has 2 amide bonds. The van der Waals surface area contributed by atoms with Crippen molar-refractivity contribution in [1.82, 2.24) is 4.90 Å². The van der Waals surface area contributed by atoms with Gasteiger partial charge in [-0.25, -0.2) is 9.59 Å². The standard InChI is InChI=1S/C28H26N2O5/c1-17(27(32)33)30(20-14-15-20)26(31)18-10-12-19(13-11-18)29-28(34)35-16-25-23-8-4-2-6-21(23)22-7-3-5-9-24(22)25/h2-13,17,20,25H,14-16H2,1H3,(H,29,34)(H,32,33).